The summed E-state index contributed by atoms with van der Waals surface area (Å²) in [6, 6.07) is 38.9. The second-order valence-electron chi connectivity index (χ2n) is 14.2. The van der Waals surface area contributed by atoms with E-state index >= 15 is 0 Å². The third kappa shape index (κ3) is 4.41. The number of rotatable bonds is 3. The summed E-state index contributed by atoms with van der Waals surface area (Å²) in [6.45, 7) is 9.27. The van der Waals surface area contributed by atoms with E-state index in [1.54, 1.807) is 4.40 Å². The first-order valence-electron chi connectivity index (χ1n) is 15.4. The molecular weight excluding hydrogens is 581 g/mol. The van der Waals surface area contributed by atoms with Crippen molar-refractivity contribution in [2.75, 3.05) is 0 Å². The Morgan fingerprint density at radius 3 is 1.93 bits per heavy atom. The topological polar surface area (TPSA) is 8.81 Å². The number of benzene rings is 5. The van der Waals surface area contributed by atoms with Crippen LogP contribution in [0.5, 0.6) is 0 Å². The van der Waals surface area contributed by atoms with Gasteiger partial charge >= 0.3 is 220 Å². The Labute approximate surface area is 258 Å². The first kappa shape index (κ1) is 27.9. The quantitative estimate of drug-likeness (QED) is 0.137. The number of hydrogen-bond acceptors (Lipinski definition) is 0. The molecule has 0 N–H and O–H groups in total. The van der Waals surface area contributed by atoms with Crippen molar-refractivity contribution < 1.29 is 4.57 Å². The molecule has 214 valence electrons. The molecule has 0 spiro atoms. The monoisotopic (exact) mass is 623 g/mol. The zero-order chi connectivity index (χ0) is 30.3. The Morgan fingerprint density at radius 1 is 0.628 bits per heavy atom. The van der Waals surface area contributed by atoms with Gasteiger partial charge in [0.2, 0.25) is 0 Å². The Morgan fingerprint density at radius 2 is 1.23 bits per heavy atom. The van der Waals surface area contributed by atoms with Crippen LogP contribution in [0.3, 0.4) is 0 Å². The molecule has 7 rings (SSSR count). The van der Waals surface area contributed by atoms with Crippen LogP contribution in [-0.4, -0.2) is 17.8 Å². The van der Waals surface area contributed by atoms with Crippen LogP contribution in [0.4, 0.5) is 0 Å². The molecule has 0 aliphatic heterocycles. The normalized spacial score (nSPS) is 12.7. The van der Waals surface area contributed by atoms with Crippen molar-refractivity contribution in [3.63, 3.8) is 0 Å². The molecule has 0 bridgehead atoms. The van der Waals surface area contributed by atoms with Gasteiger partial charge in [-0.15, -0.1) is 0 Å². The Hall–Kier alpha value is -3.89. The molecule has 0 aliphatic carbocycles. The van der Waals surface area contributed by atoms with Gasteiger partial charge in [0.1, 0.15) is 0 Å². The van der Waals surface area contributed by atoms with Crippen LogP contribution in [0.2, 0.25) is 17.3 Å². The van der Waals surface area contributed by atoms with Gasteiger partial charge in [0.25, 0.3) is 0 Å². The molecule has 5 aromatic carbocycles. The van der Waals surface area contributed by atoms with Crippen molar-refractivity contribution in [1.29, 1.82) is 0 Å². The van der Waals surface area contributed by atoms with Crippen LogP contribution in [-0.2, 0) is 12.5 Å². The molecule has 2 nitrogen and oxygen atoms in total. The van der Waals surface area contributed by atoms with Gasteiger partial charge in [0.15, 0.2) is 0 Å². The van der Waals surface area contributed by atoms with Crippen molar-refractivity contribution >= 4 is 61.1 Å². The average Bonchev–Trinajstić information content (AvgIpc) is 3.31. The van der Waals surface area contributed by atoms with Gasteiger partial charge in [-0.3, -0.25) is 0 Å². The van der Waals surface area contributed by atoms with E-state index in [9.17, 15) is 0 Å². The second-order valence-corrected chi connectivity index (χ2v) is 24.9. The standard InChI is InChI=1S/C40H41GeN2/c1-26-28-15-9-10-16-29(28)34(40(2,3)4)24-32(26)38-25-39(31-18-12-13-19-35(31)42(38)8)43-36-20-14-11-17-30(36)33-23-27(41(5,6)7)21-22-37(33)43/h9-25H,1-8H3/q+1. The third-order valence-electron chi connectivity index (χ3n) is 9.35. The summed E-state index contributed by atoms with van der Waals surface area (Å²) in [5, 5.41) is 6.60. The molecule has 0 saturated carbocycles. The number of nitrogens with zero attached hydrogens (tertiary/aromatic N) is 2. The van der Waals surface area contributed by atoms with Crippen LogP contribution in [0, 0.1) is 6.92 Å². The first-order valence-corrected chi connectivity index (χ1v) is 22.8. The summed E-state index contributed by atoms with van der Waals surface area (Å²) in [4.78, 5) is 0. The van der Waals surface area contributed by atoms with Crippen molar-refractivity contribution in [3.8, 4) is 16.9 Å². The van der Waals surface area contributed by atoms with Gasteiger partial charge in [-0.2, -0.15) is 0 Å². The predicted molar refractivity (Wildman–Crippen MR) is 189 cm³/mol. The molecule has 43 heavy (non-hydrogen) atoms. The van der Waals surface area contributed by atoms with Gasteiger partial charge in [-0.1, -0.05) is 39.0 Å². The van der Waals surface area contributed by atoms with Crippen LogP contribution in [0.15, 0.2) is 103 Å². The van der Waals surface area contributed by atoms with E-state index in [1.165, 1.54) is 71.6 Å². The molecule has 0 radical (unpaired) electrons. The molecular formula is C40H41GeN2+. The van der Waals surface area contributed by atoms with E-state index in [0.717, 1.165) is 0 Å². The van der Waals surface area contributed by atoms with Crippen molar-refractivity contribution in [3.05, 3.63) is 114 Å². The molecule has 0 atom stereocenters. The Balaban J connectivity index is 1.62. The minimum absolute atomic E-state index is 0.0162. The average molecular weight is 622 g/mol. The van der Waals surface area contributed by atoms with E-state index in [4.69, 9.17) is 0 Å². The molecule has 0 aliphatic rings. The molecule has 0 unspecified atom stereocenters. The molecule has 3 heteroatoms. The summed E-state index contributed by atoms with van der Waals surface area (Å²) >= 11 is -2.02. The summed E-state index contributed by atoms with van der Waals surface area (Å²) in [5.41, 5.74) is 10.2. The molecule has 2 aromatic heterocycles. The molecule has 2 heterocycles. The number of pyridine rings is 1. The van der Waals surface area contributed by atoms with Crippen LogP contribution >= 0.6 is 0 Å². The SMILES string of the molecule is Cc1c(-c2cc(-n3c4ccccc4c4c[c]([Ge]([CH3])([CH3])[CH3])ccc43)c3ccccc3[n+]2C)cc(C(C)(C)C)c2ccccc12. The fourth-order valence-electron chi connectivity index (χ4n) is 6.97. The third-order valence-corrected chi connectivity index (χ3v) is 13.6. The maximum absolute atomic E-state index is 2.51. The summed E-state index contributed by atoms with van der Waals surface area (Å²) in [6.07, 6.45) is 0. The van der Waals surface area contributed by atoms with Crippen LogP contribution in [0.25, 0.3) is 60.4 Å². The zero-order valence-electron chi connectivity index (χ0n) is 26.7. The Kier molecular flexibility index (Phi) is 6.38. The van der Waals surface area contributed by atoms with Crippen LogP contribution < -0.4 is 8.96 Å². The number of aryl methyl sites for hydroxylation is 2. The van der Waals surface area contributed by atoms with Gasteiger partial charge < -0.3 is 0 Å². The molecule has 0 fully saturated rings. The van der Waals surface area contributed by atoms with Gasteiger partial charge in [-0.05, 0) is 0 Å². The van der Waals surface area contributed by atoms with E-state index in [1.807, 2.05) is 0 Å². The fraction of sp³-hybridized carbons (Fsp3) is 0.225. The van der Waals surface area contributed by atoms with E-state index in [2.05, 4.69) is 164 Å². The zero-order valence-corrected chi connectivity index (χ0v) is 28.8. The fourth-order valence-corrected chi connectivity index (χ4v) is 9.40. The molecule has 7 aromatic rings. The van der Waals surface area contributed by atoms with Crippen molar-refractivity contribution in [2.45, 2.75) is 50.4 Å². The van der Waals surface area contributed by atoms with Crippen LogP contribution in [0.1, 0.15) is 31.9 Å². The van der Waals surface area contributed by atoms with Gasteiger partial charge in [0, 0.05) is 0 Å². The Bertz CT molecular complexity index is 2220. The predicted octanol–water partition coefficient (Wildman–Crippen LogP) is 9.73. The summed E-state index contributed by atoms with van der Waals surface area (Å²) in [5.74, 6) is 7.44. The summed E-state index contributed by atoms with van der Waals surface area (Å²) < 4.78 is 6.44. The molecule has 0 saturated heterocycles. The number of aromatic nitrogens is 2. The number of hydrogen-bond donors (Lipinski definition) is 0. The molecule has 0 amide bonds. The van der Waals surface area contributed by atoms with Gasteiger partial charge in [0.05, 0.1) is 0 Å². The van der Waals surface area contributed by atoms with E-state index in [0.29, 0.717) is 0 Å². The minimum atomic E-state index is -2.02. The van der Waals surface area contributed by atoms with E-state index in [-0.39, 0.29) is 5.41 Å². The van der Waals surface area contributed by atoms with E-state index < -0.39 is 13.3 Å². The van der Waals surface area contributed by atoms with Crippen molar-refractivity contribution in [2.24, 2.45) is 7.05 Å². The number of para-hydroxylation sites is 2. The maximum atomic E-state index is 2.51. The first-order chi connectivity index (χ1) is 20.4. The summed E-state index contributed by atoms with van der Waals surface area (Å²) in [7, 11) is 2.22. The van der Waals surface area contributed by atoms with Crippen molar-refractivity contribution in [1.82, 2.24) is 4.57 Å². The van der Waals surface area contributed by atoms with Gasteiger partial charge in [-0.25, -0.2) is 0 Å². The number of fused-ring (bicyclic) bond motifs is 5. The second kappa shape index (κ2) is 9.82.